The lowest BCUT2D eigenvalue weighted by molar-refractivity contribution is -0.384. The van der Waals surface area contributed by atoms with Crippen LogP contribution in [-0.2, 0) is 6.61 Å². The maximum Gasteiger partial charge on any atom is 0.363 e. The highest BCUT2D eigenvalue weighted by molar-refractivity contribution is 5.90. The normalized spacial score (nSPS) is 11.0. The maximum atomic E-state index is 12.7. The molecule has 0 aliphatic rings. The summed E-state index contributed by atoms with van der Waals surface area (Å²) in [5.74, 6) is 0.262. The van der Waals surface area contributed by atoms with Crippen molar-refractivity contribution in [2.45, 2.75) is 6.61 Å². The van der Waals surface area contributed by atoms with Gasteiger partial charge in [0.05, 0.1) is 15.8 Å². The Kier molecular flexibility index (Phi) is 3.38. The lowest BCUT2D eigenvalue weighted by atomic mass is 10.1. The van der Waals surface area contributed by atoms with Crippen LogP contribution in [0.15, 0.2) is 53.3 Å². The van der Waals surface area contributed by atoms with E-state index in [9.17, 15) is 14.9 Å². The molecule has 0 saturated carbocycles. The number of hydrogen-bond acceptors (Lipinski definition) is 6. The Bertz CT molecular complexity index is 1150. The molecule has 4 rings (SSSR count). The third-order valence-corrected chi connectivity index (χ3v) is 3.82. The molecule has 25 heavy (non-hydrogen) atoms. The van der Waals surface area contributed by atoms with Gasteiger partial charge in [0.1, 0.15) is 12.4 Å². The molecule has 1 N–H and O–H groups in total. The van der Waals surface area contributed by atoms with Crippen LogP contribution in [0.1, 0.15) is 5.56 Å². The van der Waals surface area contributed by atoms with Crippen molar-refractivity contribution in [3.63, 3.8) is 0 Å². The number of aromatic nitrogens is 4. The molecule has 0 fully saturated rings. The third-order valence-electron chi connectivity index (χ3n) is 3.82. The van der Waals surface area contributed by atoms with E-state index >= 15 is 0 Å². The minimum Gasteiger partial charge on any atom is -0.488 e. The van der Waals surface area contributed by atoms with Gasteiger partial charge in [-0.05, 0) is 17.7 Å². The van der Waals surface area contributed by atoms with E-state index in [2.05, 4.69) is 15.5 Å². The average Bonchev–Trinajstić information content (AvgIpc) is 3.10. The number of rotatable bonds is 4. The summed E-state index contributed by atoms with van der Waals surface area (Å²) in [7, 11) is 0. The summed E-state index contributed by atoms with van der Waals surface area (Å²) in [5, 5.41) is 21.2. The number of nitrogens with zero attached hydrogens (tertiary/aromatic N) is 4. The minimum absolute atomic E-state index is 0.105. The highest BCUT2D eigenvalue weighted by Gasteiger charge is 2.26. The number of hydrogen-bond donors (Lipinski definition) is 1. The number of nitro groups is 1. The molecule has 2 heterocycles. The minimum atomic E-state index is -0.756. The molecule has 0 bridgehead atoms. The van der Waals surface area contributed by atoms with Gasteiger partial charge in [-0.25, -0.2) is 4.52 Å². The fourth-order valence-corrected chi connectivity index (χ4v) is 2.70. The molecule has 124 valence electrons. The molecule has 0 radical (unpaired) electrons. The number of tetrazole rings is 1. The second-order valence-electron chi connectivity index (χ2n) is 5.32. The Morgan fingerprint density at radius 1 is 1.16 bits per heavy atom. The van der Waals surface area contributed by atoms with Crippen molar-refractivity contribution in [3.05, 3.63) is 74.4 Å². The molecule has 4 aromatic rings. The van der Waals surface area contributed by atoms with E-state index in [0.29, 0.717) is 5.52 Å². The van der Waals surface area contributed by atoms with Crippen molar-refractivity contribution in [1.82, 2.24) is 20.0 Å². The van der Waals surface area contributed by atoms with Crippen LogP contribution in [0.2, 0.25) is 0 Å². The van der Waals surface area contributed by atoms with Gasteiger partial charge in [-0.15, -0.1) is 5.10 Å². The van der Waals surface area contributed by atoms with E-state index in [1.54, 1.807) is 18.2 Å². The molecular formula is C16H11N5O4. The standard InChI is InChI=1S/C16H11N5O4/c22-15-13-11(20-16(17-18-19-20)14(15)21(23)24)7-4-8-12(13)25-9-10-5-2-1-3-6-10/h1-8H,9H2,(H,17,19). The molecule has 0 unspecified atom stereocenters. The Morgan fingerprint density at radius 2 is 1.96 bits per heavy atom. The summed E-state index contributed by atoms with van der Waals surface area (Å²) in [5.41, 5.74) is -0.211. The monoisotopic (exact) mass is 337 g/mol. The first-order valence-electron chi connectivity index (χ1n) is 7.36. The lowest BCUT2D eigenvalue weighted by Crippen LogP contribution is -2.13. The molecule has 0 saturated heterocycles. The Morgan fingerprint density at radius 3 is 2.72 bits per heavy atom. The number of pyridine rings is 1. The molecule has 2 aromatic carbocycles. The van der Waals surface area contributed by atoms with Crippen LogP contribution in [-0.4, -0.2) is 25.0 Å². The van der Waals surface area contributed by atoms with E-state index in [1.165, 1.54) is 4.52 Å². The predicted molar refractivity (Wildman–Crippen MR) is 88.5 cm³/mol. The highest BCUT2D eigenvalue weighted by atomic mass is 16.6. The molecule has 9 heteroatoms. The number of fused-ring (bicyclic) bond motifs is 3. The molecule has 0 spiro atoms. The smallest absolute Gasteiger partial charge is 0.363 e. The largest absolute Gasteiger partial charge is 0.488 e. The zero-order chi connectivity index (χ0) is 17.4. The van der Waals surface area contributed by atoms with Gasteiger partial charge < -0.3 is 4.74 Å². The number of H-pyrrole nitrogens is 1. The highest BCUT2D eigenvalue weighted by Crippen LogP contribution is 2.27. The fraction of sp³-hybridized carbons (Fsp3) is 0.0625. The van der Waals surface area contributed by atoms with Crippen LogP contribution in [0.25, 0.3) is 16.6 Å². The molecule has 9 nitrogen and oxygen atoms in total. The summed E-state index contributed by atoms with van der Waals surface area (Å²) < 4.78 is 7.05. The SMILES string of the molecule is O=c1c([N+](=O)[O-])c2nn[nH]n2c2cccc(OCc3ccccc3)c12. The van der Waals surface area contributed by atoms with E-state index in [0.717, 1.165) is 5.56 Å². The summed E-state index contributed by atoms with van der Waals surface area (Å²) in [6.07, 6.45) is 0. The molecule has 0 aliphatic carbocycles. The van der Waals surface area contributed by atoms with E-state index in [4.69, 9.17) is 4.74 Å². The lowest BCUT2D eigenvalue weighted by Gasteiger charge is -2.09. The van der Waals surface area contributed by atoms with Crippen molar-refractivity contribution in [3.8, 4) is 5.75 Å². The van der Waals surface area contributed by atoms with Gasteiger partial charge in [-0.2, -0.15) is 5.21 Å². The van der Waals surface area contributed by atoms with Gasteiger partial charge in [0.25, 0.3) is 11.1 Å². The number of benzene rings is 2. The number of aromatic amines is 1. The zero-order valence-electron chi connectivity index (χ0n) is 12.7. The topological polar surface area (TPSA) is 115 Å². The second-order valence-corrected chi connectivity index (χ2v) is 5.32. The molecule has 0 amide bonds. The fourth-order valence-electron chi connectivity index (χ4n) is 2.70. The van der Waals surface area contributed by atoms with E-state index < -0.39 is 16.0 Å². The predicted octanol–water partition coefficient (Wildman–Crippen LogP) is 2.06. The summed E-state index contributed by atoms with van der Waals surface area (Å²) >= 11 is 0. The van der Waals surface area contributed by atoms with Crippen molar-refractivity contribution in [2.75, 3.05) is 0 Å². The van der Waals surface area contributed by atoms with Gasteiger partial charge in [0, 0.05) is 0 Å². The second kappa shape index (κ2) is 5.71. The maximum absolute atomic E-state index is 12.7. The Hall–Kier alpha value is -3.75. The molecule has 0 atom stereocenters. The summed E-state index contributed by atoms with van der Waals surface area (Å²) in [6.45, 7) is 0.233. The van der Waals surface area contributed by atoms with Crippen molar-refractivity contribution in [1.29, 1.82) is 0 Å². The Balaban J connectivity index is 1.92. The Labute approximate surface area is 139 Å². The molecular weight excluding hydrogens is 326 g/mol. The molecule has 2 aromatic heterocycles. The van der Waals surface area contributed by atoms with Crippen LogP contribution in [0.4, 0.5) is 5.69 Å². The van der Waals surface area contributed by atoms with Crippen molar-refractivity contribution in [2.24, 2.45) is 0 Å². The van der Waals surface area contributed by atoms with E-state index in [-0.39, 0.29) is 23.4 Å². The van der Waals surface area contributed by atoms with E-state index in [1.807, 2.05) is 30.3 Å². The number of ether oxygens (including phenoxy) is 1. The first-order valence-corrected chi connectivity index (χ1v) is 7.36. The van der Waals surface area contributed by atoms with Crippen molar-refractivity contribution < 1.29 is 9.66 Å². The van der Waals surface area contributed by atoms with Crippen molar-refractivity contribution >= 4 is 22.2 Å². The van der Waals surface area contributed by atoms with Crippen LogP contribution in [0.3, 0.4) is 0 Å². The van der Waals surface area contributed by atoms with Crippen LogP contribution in [0.5, 0.6) is 5.75 Å². The van der Waals surface area contributed by atoms with Crippen LogP contribution >= 0.6 is 0 Å². The van der Waals surface area contributed by atoms with Crippen LogP contribution in [0, 0.1) is 10.1 Å². The zero-order valence-corrected chi connectivity index (χ0v) is 12.7. The third kappa shape index (κ3) is 2.38. The number of nitrogens with one attached hydrogen (secondary N) is 1. The first kappa shape index (κ1) is 14.8. The molecule has 0 aliphatic heterocycles. The van der Waals surface area contributed by atoms with Gasteiger partial charge in [-0.1, -0.05) is 41.6 Å². The van der Waals surface area contributed by atoms with Gasteiger partial charge in [-0.3, -0.25) is 14.9 Å². The van der Waals surface area contributed by atoms with Crippen LogP contribution < -0.4 is 10.2 Å². The van der Waals surface area contributed by atoms with Gasteiger partial charge >= 0.3 is 5.69 Å². The summed E-state index contributed by atoms with van der Waals surface area (Å²) in [6, 6.07) is 14.4. The average molecular weight is 337 g/mol. The first-order chi connectivity index (χ1) is 12.2. The van der Waals surface area contributed by atoms with Gasteiger partial charge in [0.2, 0.25) is 0 Å². The van der Waals surface area contributed by atoms with Gasteiger partial charge in [0.15, 0.2) is 0 Å². The quantitative estimate of drug-likeness (QED) is 0.450. The summed E-state index contributed by atoms with van der Waals surface area (Å²) in [4.78, 5) is 23.3.